The quantitative estimate of drug-likeness (QED) is 0.904. The molecule has 3 amide bonds. The predicted molar refractivity (Wildman–Crippen MR) is 89.6 cm³/mol. The van der Waals surface area contributed by atoms with Crippen molar-refractivity contribution in [2.75, 3.05) is 19.4 Å². The van der Waals surface area contributed by atoms with Crippen LogP contribution in [0.4, 0.5) is 10.5 Å². The predicted octanol–water partition coefficient (Wildman–Crippen LogP) is 2.76. The fraction of sp³-hybridized carbons (Fsp3) is 0.188. The molecule has 120 valence electrons. The molecular weight excluding hydrogens is 316 g/mol. The summed E-state index contributed by atoms with van der Waals surface area (Å²) in [7, 11) is 3.30. The van der Waals surface area contributed by atoms with Gasteiger partial charge in [-0.05, 0) is 36.4 Å². The number of halogens is 1. The van der Waals surface area contributed by atoms with Gasteiger partial charge < -0.3 is 15.5 Å². The molecule has 0 spiro atoms. The highest BCUT2D eigenvalue weighted by Crippen LogP contribution is 2.14. The van der Waals surface area contributed by atoms with Gasteiger partial charge in [-0.25, -0.2) is 4.79 Å². The Morgan fingerprint density at radius 1 is 1.17 bits per heavy atom. The molecule has 2 aromatic rings. The summed E-state index contributed by atoms with van der Waals surface area (Å²) in [5.41, 5.74) is 1.71. The molecule has 1 aromatic carbocycles. The number of rotatable bonds is 4. The number of hydrogen-bond acceptors (Lipinski definition) is 3. The minimum Gasteiger partial charge on any atom is -0.332 e. The summed E-state index contributed by atoms with van der Waals surface area (Å²) in [4.78, 5) is 29.3. The van der Waals surface area contributed by atoms with Crippen LogP contribution in [0.2, 0.25) is 5.02 Å². The zero-order chi connectivity index (χ0) is 16.8. The van der Waals surface area contributed by atoms with Crippen LogP contribution in [-0.4, -0.2) is 35.9 Å². The summed E-state index contributed by atoms with van der Waals surface area (Å²) in [6.07, 6.45) is 1.54. The monoisotopic (exact) mass is 332 g/mol. The molecule has 23 heavy (non-hydrogen) atoms. The molecule has 2 N–H and O–H groups in total. The van der Waals surface area contributed by atoms with Crippen LogP contribution in [0.5, 0.6) is 0 Å². The van der Waals surface area contributed by atoms with Gasteiger partial charge in [0, 0.05) is 36.6 Å². The van der Waals surface area contributed by atoms with Crippen LogP contribution in [0.1, 0.15) is 16.1 Å². The smallest absolute Gasteiger partial charge is 0.317 e. The van der Waals surface area contributed by atoms with E-state index in [4.69, 9.17) is 11.6 Å². The van der Waals surface area contributed by atoms with E-state index in [1.807, 2.05) is 0 Å². The van der Waals surface area contributed by atoms with E-state index in [-0.39, 0.29) is 18.5 Å². The number of hydrogen-bond donors (Lipinski definition) is 2. The van der Waals surface area contributed by atoms with Crippen molar-refractivity contribution in [1.82, 2.24) is 15.2 Å². The highest BCUT2D eigenvalue weighted by atomic mass is 35.5. The third kappa shape index (κ3) is 4.96. The van der Waals surface area contributed by atoms with Crippen LogP contribution in [0.25, 0.3) is 0 Å². The van der Waals surface area contributed by atoms with Crippen molar-refractivity contribution in [3.63, 3.8) is 0 Å². The number of aromatic nitrogens is 1. The average Bonchev–Trinajstić information content (AvgIpc) is 2.54. The van der Waals surface area contributed by atoms with E-state index in [0.717, 1.165) is 0 Å². The van der Waals surface area contributed by atoms with Gasteiger partial charge in [0.2, 0.25) is 0 Å². The summed E-state index contributed by atoms with van der Waals surface area (Å²) in [5, 5.41) is 6.08. The third-order valence-corrected chi connectivity index (χ3v) is 3.26. The van der Waals surface area contributed by atoms with E-state index in [1.54, 1.807) is 50.5 Å². The average molecular weight is 333 g/mol. The van der Waals surface area contributed by atoms with Gasteiger partial charge in [-0.2, -0.15) is 0 Å². The lowest BCUT2D eigenvalue weighted by Gasteiger charge is -2.12. The minimum absolute atomic E-state index is 0.220. The molecule has 7 heteroatoms. The van der Waals surface area contributed by atoms with Crippen molar-refractivity contribution >= 4 is 29.2 Å². The second-order valence-corrected chi connectivity index (χ2v) is 5.49. The Hall–Kier alpha value is -2.60. The number of pyridine rings is 1. The number of carbonyl (C=O) groups excluding carboxylic acids is 2. The molecule has 0 fully saturated rings. The molecule has 0 aliphatic carbocycles. The zero-order valence-electron chi connectivity index (χ0n) is 12.8. The Bertz CT molecular complexity index is 701. The summed E-state index contributed by atoms with van der Waals surface area (Å²) in [6, 6.07) is 9.88. The van der Waals surface area contributed by atoms with Crippen molar-refractivity contribution in [1.29, 1.82) is 0 Å². The van der Waals surface area contributed by atoms with Crippen LogP contribution >= 0.6 is 11.6 Å². The van der Waals surface area contributed by atoms with E-state index in [2.05, 4.69) is 15.6 Å². The van der Waals surface area contributed by atoms with E-state index in [0.29, 0.717) is 22.0 Å². The molecular formula is C16H17ClN4O2. The maximum absolute atomic E-state index is 12.2. The van der Waals surface area contributed by atoms with Gasteiger partial charge in [-0.3, -0.25) is 9.78 Å². The molecule has 1 aromatic heterocycles. The summed E-state index contributed by atoms with van der Waals surface area (Å²) < 4.78 is 0. The van der Waals surface area contributed by atoms with Crippen LogP contribution in [0, 0.1) is 0 Å². The van der Waals surface area contributed by atoms with E-state index in [1.165, 1.54) is 11.1 Å². The van der Waals surface area contributed by atoms with Crippen LogP contribution in [0.15, 0.2) is 42.6 Å². The van der Waals surface area contributed by atoms with Gasteiger partial charge in [-0.1, -0.05) is 11.6 Å². The lowest BCUT2D eigenvalue weighted by atomic mass is 10.2. The van der Waals surface area contributed by atoms with Gasteiger partial charge in [0.15, 0.2) is 0 Å². The minimum atomic E-state index is -0.255. The lowest BCUT2D eigenvalue weighted by Crippen LogP contribution is -2.34. The van der Waals surface area contributed by atoms with E-state index < -0.39 is 0 Å². The Balaban J connectivity index is 2.02. The van der Waals surface area contributed by atoms with Gasteiger partial charge in [0.25, 0.3) is 5.91 Å². The van der Waals surface area contributed by atoms with Crippen LogP contribution in [-0.2, 0) is 6.54 Å². The summed E-state index contributed by atoms with van der Waals surface area (Å²) in [6.45, 7) is 0.249. The van der Waals surface area contributed by atoms with Gasteiger partial charge >= 0.3 is 6.03 Å². The zero-order valence-corrected chi connectivity index (χ0v) is 13.6. The van der Waals surface area contributed by atoms with Gasteiger partial charge in [0.1, 0.15) is 0 Å². The molecule has 0 unspecified atom stereocenters. The Labute approximate surface area is 139 Å². The third-order valence-electron chi connectivity index (χ3n) is 3.01. The standard InChI is InChI=1S/C16H17ClN4O2/c1-21(2)16(23)19-10-14-9-11(7-8-18-14)15(22)20-13-5-3-12(17)4-6-13/h3-9H,10H2,1-2H3,(H,19,23)(H,20,22). The first-order chi connectivity index (χ1) is 11.0. The molecule has 0 radical (unpaired) electrons. The van der Waals surface area contributed by atoms with E-state index in [9.17, 15) is 9.59 Å². The van der Waals surface area contributed by atoms with Crippen molar-refractivity contribution < 1.29 is 9.59 Å². The van der Waals surface area contributed by atoms with Crippen LogP contribution < -0.4 is 10.6 Å². The molecule has 0 saturated carbocycles. The topological polar surface area (TPSA) is 74.3 Å². The normalized spacial score (nSPS) is 10.0. The fourth-order valence-electron chi connectivity index (χ4n) is 1.78. The fourth-order valence-corrected chi connectivity index (χ4v) is 1.90. The highest BCUT2D eigenvalue weighted by molar-refractivity contribution is 6.30. The lowest BCUT2D eigenvalue weighted by molar-refractivity contribution is 0.102. The number of carbonyl (C=O) groups is 2. The van der Waals surface area contributed by atoms with Gasteiger partial charge in [-0.15, -0.1) is 0 Å². The van der Waals surface area contributed by atoms with E-state index >= 15 is 0 Å². The first kappa shape index (κ1) is 16.8. The molecule has 0 atom stereocenters. The number of benzene rings is 1. The first-order valence-electron chi connectivity index (χ1n) is 6.92. The Morgan fingerprint density at radius 3 is 2.52 bits per heavy atom. The first-order valence-corrected chi connectivity index (χ1v) is 7.30. The number of nitrogens with one attached hydrogen (secondary N) is 2. The van der Waals surface area contributed by atoms with Crippen molar-refractivity contribution in [2.45, 2.75) is 6.54 Å². The second kappa shape index (κ2) is 7.60. The molecule has 6 nitrogen and oxygen atoms in total. The molecule has 1 heterocycles. The molecule has 0 bridgehead atoms. The number of amides is 3. The molecule has 2 rings (SSSR count). The Morgan fingerprint density at radius 2 is 1.87 bits per heavy atom. The summed E-state index contributed by atoms with van der Waals surface area (Å²) >= 11 is 5.81. The molecule has 0 aliphatic heterocycles. The van der Waals surface area contributed by atoms with Crippen molar-refractivity contribution in [3.8, 4) is 0 Å². The highest BCUT2D eigenvalue weighted by Gasteiger charge is 2.09. The molecule has 0 aliphatic rings. The SMILES string of the molecule is CN(C)C(=O)NCc1cc(C(=O)Nc2ccc(Cl)cc2)ccn1. The molecule has 0 saturated heterocycles. The van der Waals surface area contributed by atoms with Crippen molar-refractivity contribution in [2.24, 2.45) is 0 Å². The second-order valence-electron chi connectivity index (χ2n) is 5.05. The van der Waals surface area contributed by atoms with Gasteiger partial charge in [0.05, 0.1) is 12.2 Å². The number of nitrogens with zero attached hydrogens (tertiary/aromatic N) is 2. The largest absolute Gasteiger partial charge is 0.332 e. The number of urea groups is 1. The maximum atomic E-state index is 12.2. The number of anilines is 1. The van der Waals surface area contributed by atoms with Crippen LogP contribution in [0.3, 0.4) is 0 Å². The summed E-state index contributed by atoms with van der Waals surface area (Å²) in [5.74, 6) is -0.255. The maximum Gasteiger partial charge on any atom is 0.317 e. The van der Waals surface area contributed by atoms with Crippen molar-refractivity contribution in [3.05, 3.63) is 58.9 Å². The Kier molecular flexibility index (Phi) is 5.54.